The predicted molar refractivity (Wildman–Crippen MR) is 103 cm³/mol. The Hall–Kier alpha value is -2.88. The Morgan fingerprint density at radius 1 is 0.962 bits per heavy atom. The summed E-state index contributed by atoms with van der Waals surface area (Å²) in [7, 11) is 1.55. The van der Waals surface area contributed by atoms with Crippen molar-refractivity contribution in [3.05, 3.63) is 76.5 Å². The Kier molecular flexibility index (Phi) is 4.94. The van der Waals surface area contributed by atoms with E-state index in [1.54, 1.807) is 7.05 Å². The summed E-state index contributed by atoms with van der Waals surface area (Å²) in [5.74, 6) is -0.466. The predicted octanol–water partition coefficient (Wildman–Crippen LogP) is 3.54. The zero-order valence-electron chi connectivity index (χ0n) is 15.7. The molecule has 0 spiro atoms. The largest absolute Gasteiger partial charge is 0.362 e. The first kappa shape index (κ1) is 17.9. The number of aryl methyl sites for hydroxylation is 2. The number of amides is 2. The Balaban J connectivity index is 2.12. The van der Waals surface area contributed by atoms with Gasteiger partial charge in [-0.05, 0) is 37.5 Å². The van der Waals surface area contributed by atoms with Gasteiger partial charge in [0.05, 0.1) is 5.57 Å². The lowest BCUT2D eigenvalue weighted by Crippen LogP contribution is -2.32. The SMILES string of the molecule is CCN(Cc1ccccc1)C1=C(c2ccc(C)cc2C)C(=O)N(C)C1=O. The van der Waals surface area contributed by atoms with Crippen molar-refractivity contribution < 1.29 is 9.59 Å². The zero-order chi connectivity index (χ0) is 18.8. The van der Waals surface area contributed by atoms with Crippen molar-refractivity contribution in [2.24, 2.45) is 0 Å². The van der Waals surface area contributed by atoms with Crippen LogP contribution in [-0.4, -0.2) is 35.2 Å². The van der Waals surface area contributed by atoms with Crippen LogP contribution in [0.25, 0.3) is 5.57 Å². The standard InChI is InChI=1S/C22H24N2O2/c1-5-24(14-17-9-7-6-8-10-17)20-19(21(25)23(4)22(20)26)18-12-11-15(2)13-16(18)3/h6-13H,5,14H2,1-4H3. The molecule has 1 aliphatic rings. The molecule has 2 aromatic rings. The Morgan fingerprint density at radius 2 is 1.65 bits per heavy atom. The summed E-state index contributed by atoms with van der Waals surface area (Å²) in [4.78, 5) is 28.9. The number of carbonyl (C=O) groups excluding carboxylic acids is 2. The average Bonchev–Trinajstić information content (AvgIpc) is 2.85. The molecule has 0 saturated heterocycles. The Morgan fingerprint density at radius 3 is 2.27 bits per heavy atom. The van der Waals surface area contributed by atoms with Gasteiger partial charge in [0.2, 0.25) is 0 Å². The first-order chi connectivity index (χ1) is 12.4. The molecule has 1 aliphatic heterocycles. The van der Waals surface area contributed by atoms with E-state index in [-0.39, 0.29) is 11.8 Å². The summed E-state index contributed by atoms with van der Waals surface area (Å²) in [6.45, 7) is 7.25. The fourth-order valence-electron chi connectivity index (χ4n) is 3.41. The highest BCUT2D eigenvalue weighted by Crippen LogP contribution is 2.33. The molecule has 0 N–H and O–H groups in total. The zero-order valence-corrected chi connectivity index (χ0v) is 15.7. The highest BCUT2D eigenvalue weighted by molar-refractivity contribution is 6.35. The van der Waals surface area contributed by atoms with Gasteiger partial charge < -0.3 is 4.90 Å². The normalized spacial score (nSPS) is 14.4. The van der Waals surface area contributed by atoms with Crippen LogP contribution in [-0.2, 0) is 16.1 Å². The fraction of sp³-hybridized carbons (Fsp3) is 0.273. The summed E-state index contributed by atoms with van der Waals surface area (Å²) in [6, 6.07) is 16.0. The number of likely N-dealkylation sites (N-methyl/N-ethyl adjacent to an activating group) is 2. The van der Waals surface area contributed by atoms with Crippen LogP contribution in [0.15, 0.2) is 54.2 Å². The maximum atomic E-state index is 12.9. The van der Waals surface area contributed by atoms with Crippen LogP contribution in [0.5, 0.6) is 0 Å². The average molecular weight is 348 g/mol. The van der Waals surface area contributed by atoms with E-state index in [1.807, 2.05) is 74.2 Å². The Bertz CT molecular complexity index is 884. The second kappa shape index (κ2) is 7.16. The van der Waals surface area contributed by atoms with E-state index in [1.165, 1.54) is 4.90 Å². The topological polar surface area (TPSA) is 40.6 Å². The van der Waals surface area contributed by atoms with Crippen molar-refractivity contribution >= 4 is 17.4 Å². The van der Waals surface area contributed by atoms with Crippen molar-refractivity contribution in [2.45, 2.75) is 27.3 Å². The van der Waals surface area contributed by atoms with Crippen molar-refractivity contribution in [3.8, 4) is 0 Å². The molecule has 0 atom stereocenters. The lowest BCUT2D eigenvalue weighted by Gasteiger charge is -2.24. The molecule has 2 aromatic carbocycles. The van der Waals surface area contributed by atoms with Gasteiger partial charge in [-0.3, -0.25) is 14.5 Å². The molecule has 4 heteroatoms. The van der Waals surface area contributed by atoms with Gasteiger partial charge in [0.15, 0.2) is 0 Å². The summed E-state index contributed by atoms with van der Waals surface area (Å²) in [5.41, 5.74) is 5.08. The van der Waals surface area contributed by atoms with Crippen LogP contribution >= 0.6 is 0 Å². The van der Waals surface area contributed by atoms with E-state index in [2.05, 4.69) is 0 Å². The highest BCUT2D eigenvalue weighted by Gasteiger charge is 2.39. The number of imide groups is 1. The second-order valence-corrected chi connectivity index (χ2v) is 6.71. The molecule has 4 nitrogen and oxygen atoms in total. The van der Waals surface area contributed by atoms with Gasteiger partial charge in [-0.2, -0.15) is 0 Å². The molecule has 0 bridgehead atoms. The first-order valence-corrected chi connectivity index (χ1v) is 8.87. The lowest BCUT2D eigenvalue weighted by molar-refractivity contribution is -0.135. The number of hydrogen-bond donors (Lipinski definition) is 0. The second-order valence-electron chi connectivity index (χ2n) is 6.71. The van der Waals surface area contributed by atoms with Crippen molar-refractivity contribution in [2.75, 3.05) is 13.6 Å². The number of benzene rings is 2. The molecule has 134 valence electrons. The fourth-order valence-corrected chi connectivity index (χ4v) is 3.41. The summed E-state index contributed by atoms with van der Waals surface area (Å²) < 4.78 is 0. The van der Waals surface area contributed by atoms with Crippen molar-refractivity contribution in [3.63, 3.8) is 0 Å². The van der Waals surface area contributed by atoms with Crippen LogP contribution in [0, 0.1) is 13.8 Å². The van der Waals surface area contributed by atoms with E-state index >= 15 is 0 Å². The molecule has 0 radical (unpaired) electrons. The van der Waals surface area contributed by atoms with Crippen molar-refractivity contribution in [1.82, 2.24) is 9.80 Å². The van der Waals surface area contributed by atoms with Crippen LogP contribution in [0.3, 0.4) is 0 Å². The summed E-state index contributed by atoms with van der Waals surface area (Å²) >= 11 is 0. The maximum absolute atomic E-state index is 12.9. The molecule has 0 fully saturated rings. The first-order valence-electron chi connectivity index (χ1n) is 8.87. The maximum Gasteiger partial charge on any atom is 0.277 e. The molecule has 2 amide bonds. The molecule has 0 unspecified atom stereocenters. The van der Waals surface area contributed by atoms with Crippen LogP contribution in [0.1, 0.15) is 29.2 Å². The van der Waals surface area contributed by atoms with E-state index in [9.17, 15) is 9.59 Å². The highest BCUT2D eigenvalue weighted by atomic mass is 16.2. The van der Waals surface area contributed by atoms with Crippen LogP contribution in [0.2, 0.25) is 0 Å². The van der Waals surface area contributed by atoms with Gasteiger partial charge in [0.1, 0.15) is 5.70 Å². The van der Waals surface area contributed by atoms with E-state index < -0.39 is 0 Å². The summed E-state index contributed by atoms with van der Waals surface area (Å²) in [6.07, 6.45) is 0. The molecule has 26 heavy (non-hydrogen) atoms. The smallest absolute Gasteiger partial charge is 0.277 e. The van der Waals surface area contributed by atoms with Gasteiger partial charge in [-0.15, -0.1) is 0 Å². The molecule has 0 aliphatic carbocycles. The van der Waals surface area contributed by atoms with Crippen LogP contribution < -0.4 is 0 Å². The Labute approximate surface area is 154 Å². The third kappa shape index (κ3) is 3.15. The van der Waals surface area contributed by atoms with E-state index in [4.69, 9.17) is 0 Å². The van der Waals surface area contributed by atoms with Gasteiger partial charge in [-0.1, -0.05) is 54.1 Å². The van der Waals surface area contributed by atoms with E-state index in [0.29, 0.717) is 24.4 Å². The number of carbonyl (C=O) groups is 2. The monoisotopic (exact) mass is 348 g/mol. The third-order valence-electron chi connectivity index (χ3n) is 4.83. The van der Waals surface area contributed by atoms with Gasteiger partial charge in [0.25, 0.3) is 11.8 Å². The lowest BCUT2D eigenvalue weighted by atomic mass is 9.97. The molecule has 1 heterocycles. The minimum absolute atomic E-state index is 0.233. The molecule has 3 rings (SSSR count). The summed E-state index contributed by atoms with van der Waals surface area (Å²) in [5, 5.41) is 0. The number of nitrogens with zero attached hydrogens (tertiary/aromatic N) is 2. The van der Waals surface area contributed by atoms with Gasteiger partial charge in [-0.25, -0.2) is 0 Å². The molecule has 0 saturated carbocycles. The minimum atomic E-state index is -0.234. The quantitative estimate of drug-likeness (QED) is 0.776. The number of hydrogen-bond acceptors (Lipinski definition) is 3. The van der Waals surface area contributed by atoms with Gasteiger partial charge in [0, 0.05) is 20.1 Å². The molecular formula is C22H24N2O2. The third-order valence-corrected chi connectivity index (χ3v) is 4.83. The molecular weight excluding hydrogens is 324 g/mol. The number of rotatable bonds is 5. The molecule has 0 aromatic heterocycles. The van der Waals surface area contributed by atoms with Crippen molar-refractivity contribution in [1.29, 1.82) is 0 Å². The van der Waals surface area contributed by atoms with Gasteiger partial charge >= 0.3 is 0 Å². The van der Waals surface area contributed by atoms with E-state index in [0.717, 1.165) is 22.3 Å². The van der Waals surface area contributed by atoms with Crippen LogP contribution in [0.4, 0.5) is 0 Å². The minimum Gasteiger partial charge on any atom is -0.362 e.